The van der Waals surface area contributed by atoms with Gasteiger partial charge in [0.25, 0.3) is 0 Å². The lowest BCUT2D eigenvalue weighted by Gasteiger charge is -2.37. The average Bonchev–Trinajstić information content (AvgIpc) is 3.20. The van der Waals surface area contributed by atoms with E-state index < -0.39 is 12.1 Å². The van der Waals surface area contributed by atoms with Crippen LogP contribution in [0.2, 0.25) is 5.02 Å². The lowest BCUT2D eigenvalue weighted by atomic mass is 9.85. The number of nitrogens with one attached hydrogen (secondary N) is 3. The van der Waals surface area contributed by atoms with Crippen molar-refractivity contribution < 1.29 is 9.59 Å². The molecule has 0 spiro atoms. The van der Waals surface area contributed by atoms with E-state index in [9.17, 15) is 9.59 Å². The fraction of sp³-hybridized carbons (Fsp3) is 0.583. The summed E-state index contributed by atoms with van der Waals surface area (Å²) in [5.41, 5.74) is 1.39. The number of carbonyl (C=O) groups is 2. The second-order valence-electron chi connectivity index (χ2n) is 9.45. The quantitative estimate of drug-likeness (QED) is 0.567. The van der Waals surface area contributed by atoms with Crippen molar-refractivity contribution in [2.24, 2.45) is 5.41 Å². The Labute approximate surface area is 191 Å². The van der Waals surface area contributed by atoms with E-state index in [1.54, 1.807) is 4.90 Å². The molecule has 172 valence electrons. The second-order valence-corrected chi connectivity index (χ2v) is 9.89. The Kier molecular flexibility index (Phi) is 8.55. The molecule has 31 heavy (non-hydrogen) atoms. The minimum atomic E-state index is -0.474. The number of benzene rings is 1. The third-order valence-corrected chi connectivity index (χ3v) is 6.22. The lowest BCUT2D eigenvalue weighted by molar-refractivity contribution is -0.142. The molecule has 4 atom stereocenters. The largest absolute Gasteiger partial charge is 0.376 e. The fourth-order valence-corrected chi connectivity index (χ4v) is 3.87. The van der Waals surface area contributed by atoms with Crippen molar-refractivity contribution in [1.82, 2.24) is 20.9 Å². The van der Waals surface area contributed by atoms with Crippen molar-refractivity contribution in [1.29, 1.82) is 0 Å². The number of hydrogen-bond acceptors (Lipinski definition) is 4. The Morgan fingerprint density at radius 1 is 1.16 bits per heavy atom. The standard InChI is InChI=1S/C24H37ClN4O2/c1-15(26-7)16(2)27-21(24(4,5)6)23(31)29-14-8-9-20(29)22(30)28-17(3)18-10-12-19(25)13-11-18/h10-13,15,17,20-21,26-27H,2,8-9,14H2,1,3-7H3,(H,28,30)/t15-,17?,20-,21?/m0/s1. The number of hydrogen-bond donors (Lipinski definition) is 3. The van der Waals surface area contributed by atoms with E-state index in [2.05, 4.69) is 22.5 Å². The van der Waals surface area contributed by atoms with Gasteiger partial charge < -0.3 is 20.9 Å². The van der Waals surface area contributed by atoms with Gasteiger partial charge in [-0.25, -0.2) is 0 Å². The van der Waals surface area contributed by atoms with Crippen LogP contribution in [0.3, 0.4) is 0 Å². The van der Waals surface area contributed by atoms with Gasteiger partial charge in [-0.3, -0.25) is 9.59 Å². The van der Waals surface area contributed by atoms with Gasteiger partial charge in [0.05, 0.1) is 6.04 Å². The SMILES string of the molecule is C=C(NC(C(=O)N1CCC[C@H]1C(=O)NC(C)c1ccc(Cl)cc1)C(C)(C)C)[C@H](C)NC. The molecular weight excluding hydrogens is 412 g/mol. The molecule has 1 heterocycles. The van der Waals surface area contributed by atoms with E-state index in [4.69, 9.17) is 11.6 Å². The van der Waals surface area contributed by atoms with Gasteiger partial charge in [-0.15, -0.1) is 0 Å². The zero-order chi connectivity index (χ0) is 23.3. The number of nitrogens with zero attached hydrogens (tertiary/aromatic N) is 1. The number of likely N-dealkylation sites (N-methyl/N-ethyl adjacent to an activating group) is 1. The van der Waals surface area contributed by atoms with Crippen molar-refractivity contribution in [3.8, 4) is 0 Å². The molecule has 0 aliphatic carbocycles. The summed E-state index contributed by atoms with van der Waals surface area (Å²) < 4.78 is 0. The third kappa shape index (κ3) is 6.47. The van der Waals surface area contributed by atoms with Crippen LogP contribution in [0.5, 0.6) is 0 Å². The highest BCUT2D eigenvalue weighted by atomic mass is 35.5. The highest BCUT2D eigenvalue weighted by molar-refractivity contribution is 6.30. The Morgan fingerprint density at radius 3 is 2.32 bits per heavy atom. The molecule has 7 heteroatoms. The molecule has 1 aliphatic rings. The van der Waals surface area contributed by atoms with Gasteiger partial charge in [0.15, 0.2) is 0 Å². The van der Waals surface area contributed by atoms with E-state index in [1.165, 1.54) is 0 Å². The molecule has 1 saturated heterocycles. The van der Waals surface area contributed by atoms with E-state index in [1.807, 2.05) is 65.9 Å². The first-order valence-electron chi connectivity index (χ1n) is 10.9. The summed E-state index contributed by atoms with van der Waals surface area (Å²) in [4.78, 5) is 28.4. The zero-order valence-corrected chi connectivity index (χ0v) is 20.3. The van der Waals surface area contributed by atoms with Crippen LogP contribution in [-0.4, -0.2) is 48.4 Å². The van der Waals surface area contributed by atoms with Crippen LogP contribution in [0.1, 0.15) is 59.1 Å². The maximum atomic E-state index is 13.6. The Bertz CT molecular complexity index is 788. The molecule has 0 saturated carbocycles. The predicted octanol–water partition coefficient (Wildman–Crippen LogP) is 3.63. The van der Waals surface area contributed by atoms with Gasteiger partial charge in [0, 0.05) is 23.3 Å². The van der Waals surface area contributed by atoms with Crippen molar-refractivity contribution in [3.05, 3.63) is 47.1 Å². The Hall–Kier alpha value is -2.05. The molecule has 0 radical (unpaired) electrons. The summed E-state index contributed by atoms with van der Waals surface area (Å²) in [6.07, 6.45) is 1.47. The van der Waals surface area contributed by atoms with Crippen LogP contribution < -0.4 is 16.0 Å². The summed E-state index contributed by atoms with van der Waals surface area (Å²) in [6, 6.07) is 6.33. The summed E-state index contributed by atoms with van der Waals surface area (Å²) in [6.45, 7) is 14.7. The molecule has 2 rings (SSSR count). The Morgan fingerprint density at radius 2 is 1.77 bits per heavy atom. The van der Waals surface area contributed by atoms with Gasteiger partial charge in [-0.05, 0) is 56.8 Å². The predicted molar refractivity (Wildman–Crippen MR) is 127 cm³/mol. The van der Waals surface area contributed by atoms with Crippen LogP contribution in [0.4, 0.5) is 0 Å². The van der Waals surface area contributed by atoms with E-state index in [-0.39, 0.29) is 29.3 Å². The van der Waals surface area contributed by atoms with Gasteiger partial charge >= 0.3 is 0 Å². The van der Waals surface area contributed by atoms with Gasteiger partial charge in [-0.1, -0.05) is 51.1 Å². The summed E-state index contributed by atoms with van der Waals surface area (Å²) in [7, 11) is 1.86. The first-order chi connectivity index (χ1) is 14.5. The monoisotopic (exact) mass is 448 g/mol. The van der Waals surface area contributed by atoms with Crippen LogP contribution in [-0.2, 0) is 9.59 Å². The number of carbonyl (C=O) groups excluding carboxylic acids is 2. The number of halogens is 1. The van der Waals surface area contributed by atoms with Crippen LogP contribution in [0.15, 0.2) is 36.5 Å². The van der Waals surface area contributed by atoms with E-state index >= 15 is 0 Å². The normalized spacial score (nSPS) is 19.5. The molecule has 2 amide bonds. The van der Waals surface area contributed by atoms with Gasteiger partial charge in [-0.2, -0.15) is 0 Å². The number of likely N-dealkylation sites (tertiary alicyclic amines) is 1. The molecular formula is C24H37ClN4O2. The molecule has 1 aromatic rings. The van der Waals surface area contributed by atoms with E-state index in [0.29, 0.717) is 18.0 Å². The Balaban J connectivity index is 2.13. The maximum absolute atomic E-state index is 13.6. The third-order valence-electron chi connectivity index (χ3n) is 5.97. The smallest absolute Gasteiger partial charge is 0.246 e. The minimum absolute atomic E-state index is 0.0237. The van der Waals surface area contributed by atoms with E-state index in [0.717, 1.165) is 17.7 Å². The van der Waals surface area contributed by atoms with Gasteiger partial charge in [0.1, 0.15) is 12.1 Å². The lowest BCUT2D eigenvalue weighted by Crippen LogP contribution is -2.57. The van der Waals surface area contributed by atoms with Crippen molar-refractivity contribution in [3.63, 3.8) is 0 Å². The maximum Gasteiger partial charge on any atom is 0.246 e. The fourth-order valence-electron chi connectivity index (χ4n) is 3.75. The highest BCUT2D eigenvalue weighted by Crippen LogP contribution is 2.27. The van der Waals surface area contributed by atoms with Crippen molar-refractivity contribution in [2.45, 2.75) is 71.6 Å². The molecule has 0 aromatic heterocycles. The van der Waals surface area contributed by atoms with Crippen molar-refractivity contribution >= 4 is 23.4 Å². The summed E-state index contributed by atoms with van der Waals surface area (Å²) >= 11 is 5.96. The number of amides is 2. The minimum Gasteiger partial charge on any atom is -0.376 e. The zero-order valence-electron chi connectivity index (χ0n) is 19.6. The van der Waals surface area contributed by atoms with Crippen LogP contribution >= 0.6 is 11.6 Å². The molecule has 3 N–H and O–H groups in total. The highest BCUT2D eigenvalue weighted by Gasteiger charge is 2.41. The molecule has 2 unspecified atom stereocenters. The molecule has 1 aliphatic heterocycles. The molecule has 0 bridgehead atoms. The molecule has 1 aromatic carbocycles. The van der Waals surface area contributed by atoms with Gasteiger partial charge in [0.2, 0.25) is 11.8 Å². The van der Waals surface area contributed by atoms with Crippen LogP contribution in [0, 0.1) is 5.41 Å². The van der Waals surface area contributed by atoms with Crippen LogP contribution in [0.25, 0.3) is 0 Å². The summed E-state index contributed by atoms with van der Waals surface area (Å²) in [5.74, 6) is -0.183. The average molecular weight is 449 g/mol. The molecule has 1 fully saturated rings. The number of rotatable bonds is 8. The first-order valence-corrected chi connectivity index (χ1v) is 11.3. The summed E-state index contributed by atoms with van der Waals surface area (Å²) in [5, 5.41) is 10.2. The molecule has 6 nitrogen and oxygen atoms in total. The first kappa shape index (κ1) is 25.2. The topological polar surface area (TPSA) is 73.5 Å². The van der Waals surface area contributed by atoms with Crippen molar-refractivity contribution in [2.75, 3.05) is 13.6 Å². The second kappa shape index (κ2) is 10.5.